The van der Waals surface area contributed by atoms with Crippen LogP contribution >= 0.6 is 11.9 Å². The molecule has 0 bridgehead atoms. The molecule has 226 valence electrons. The summed E-state index contributed by atoms with van der Waals surface area (Å²) >= 11 is 1.08. The van der Waals surface area contributed by atoms with Gasteiger partial charge in [0.25, 0.3) is 0 Å². The minimum atomic E-state index is -4.52. The van der Waals surface area contributed by atoms with Gasteiger partial charge in [0.05, 0.1) is 24.1 Å². The molecular formula is C32H32F3N3O4S. The average Bonchev–Trinajstić information content (AvgIpc) is 3.40. The molecule has 0 atom stereocenters. The topological polar surface area (TPSA) is 79.0 Å². The summed E-state index contributed by atoms with van der Waals surface area (Å²) in [5.41, 5.74) is 3.07. The summed E-state index contributed by atoms with van der Waals surface area (Å²) < 4.78 is 52.6. The second-order valence-electron chi connectivity index (χ2n) is 10.9. The van der Waals surface area contributed by atoms with Gasteiger partial charge in [-0.15, -0.1) is 0 Å². The Balaban J connectivity index is 1.50. The van der Waals surface area contributed by atoms with E-state index in [1.54, 1.807) is 20.8 Å². The van der Waals surface area contributed by atoms with Crippen molar-refractivity contribution in [1.29, 1.82) is 0 Å². The van der Waals surface area contributed by atoms with Gasteiger partial charge in [-0.3, -0.25) is 10.0 Å². The molecule has 4 aromatic rings. The van der Waals surface area contributed by atoms with Crippen molar-refractivity contribution in [2.24, 2.45) is 0 Å². The second kappa shape index (κ2) is 11.7. The molecule has 1 aliphatic heterocycles. The van der Waals surface area contributed by atoms with E-state index in [2.05, 4.69) is 5.16 Å². The number of carbonyl (C=O) groups excluding carboxylic acids is 1. The molecule has 43 heavy (non-hydrogen) atoms. The van der Waals surface area contributed by atoms with E-state index in [1.807, 2.05) is 56.3 Å². The predicted molar refractivity (Wildman–Crippen MR) is 159 cm³/mol. The van der Waals surface area contributed by atoms with Gasteiger partial charge in [0.2, 0.25) is 11.7 Å². The Labute approximate surface area is 252 Å². The fourth-order valence-electron chi connectivity index (χ4n) is 5.19. The lowest BCUT2D eigenvalue weighted by atomic mass is 9.86. The van der Waals surface area contributed by atoms with Crippen molar-refractivity contribution >= 4 is 29.4 Å². The summed E-state index contributed by atoms with van der Waals surface area (Å²) in [6.45, 7) is 9.77. The van der Waals surface area contributed by atoms with Crippen molar-refractivity contribution in [2.75, 3.05) is 16.0 Å². The summed E-state index contributed by atoms with van der Waals surface area (Å²) in [6, 6.07) is 16.8. The van der Waals surface area contributed by atoms with Gasteiger partial charge in [0.1, 0.15) is 5.76 Å². The molecule has 1 N–H and O–H groups in total. The van der Waals surface area contributed by atoms with Crippen molar-refractivity contribution < 1.29 is 32.4 Å². The molecule has 0 radical (unpaired) electrons. The van der Waals surface area contributed by atoms with Crippen molar-refractivity contribution in [3.05, 3.63) is 94.2 Å². The first-order valence-corrected chi connectivity index (χ1v) is 14.5. The third-order valence-corrected chi connectivity index (χ3v) is 8.62. The number of alkyl halides is 3. The lowest BCUT2D eigenvalue weighted by Crippen LogP contribution is -2.35. The number of hydrogen-bond donors (Lipinski definition) is 1. The highest BCUT2D eigenvalue weighted by Gasteiger charge is 2.45. The predicted octanol–water partition coefficient (Wildman–Crippen LogP) is 8.24. The van der Waals surface area contributed by atoms with E-state index in [0.717, 1.165) is 61.3 Å². The zero-order valence-corrected chi connectivity index (χ0v) is 25.3. The molecule has 2 heterocycles. The number of benzene rings is 3. The lowest BCUT2D eigenvalue weighted by Gasteiger charge is -2.22. The van der Waals surface area contributed by atoms with Crippen LogP contribution < -0.4 is 9.37 Å². The van der Waals surface area contributed by atoms with Crippen LogP contribution in [0.5, 0.6) is 0 Å². The second-order valence-corrected chi connectivity index (χ2v) is 11.9. The molecule has 7 nitrogen and oxygen atoms in total. The Morgan fingerprint density at radius 1 is 1.07 bits per heavy atom. The van der Waals surface area contributed by atoms with Crippen molar-refractivity contribution in [2.45, 2.75) is 64.3 Å². The third-order valence-electron chi connectivity index (χ3n) is 7.72. The van der Waals surface area contributed by atoms with Crippen LogP contribution in [0.3, 0.4) is 0 Å². The van der Waals surface area contributed by atoms with Crippen LogP contribution in [0.2, 0.25) is 0 Å². The van der Waals surface area contributed by atoms with E-state index in [0.29, 0.717) is 23.7 Å². The SMILES string of the molecule is CCOCc1cc(CN2C(=O)C(C)(C)c3ccc(C(F)(F)F)cc32)ccc1-c1ccccc1SN(O)c1noc(C)c1C. The van der Waals surface area contributed by atoms with Crippen LogP contribution in [-0.2, 0) is 34.3 Å². The number of anilines is 2. The number of fused-ring (bicyclic) bond motifs is 1. The fraction of sp³-hybridized carbons (Fsp3) is 0.312. The fourth-order valence-corrected chi connectivity index (χ4v) is 6.05. The standard InChI is InChI=1S/C32H32F3N3O4S/c1-6-41-18-22-15-21(17-37-27-16-23(32(33,34)35)12-14-26(27)31(4,5)30(37)39)11-13-24(22)25-9-7-8-10-28(25)43-38(40)29-19(2)20(3)42-36-29/h7-16,40H,6,17-18H2,1-5H3. The first-order valence-electron chi connectivity index (χ1n) is 13.8. The van der Waals surface area contributed by atoms with Gasteiger partial charge in [0.15, 0.2) is 0 Å². The molecule has 0 aliphatic carbocycles. The Hall–Kier alpha value is -3.80. The van der Waals surface area contributed by atoms with E-state index in [4.69, 9.17) is 9.26 Å². The Kier molecular flexibility index (Phi) is 8.34. The zero-order valence-electron chi connectivity index (χ0n) is 24.5. The average molecular weight is 612 g/mol. The zero-order chi connectivity index (χ0) is 31.1. The summed E-state index contributed by atoms with van der Waals surface area (Å²) in [6.07, 6.45) is -4.52. The van der Waals surface area contributed by atoms with E-state index in [-0.39, 0.29) is 24.7 Å². The van der Waals surface area contributed by atoms with E-state index in [9.17, 15) is 23.2 Å². The maximum Gasteiger partial charge on any atom is 0.416 e. The first kappa shape index (κ1) is 30.7. The van der Waals surface area contributed by atoms with Gasteiger partial charge in [-0.1, -0.05) is 47.6 Å². The number of carbonyl (C=O) groups is 1. The molecular weight excluding hydrogens is 579 g/mol. The summed E-state index contributed by atoms with van der Waals surface area (Å²) in [7, 11) is 0. The summed E-state index contributed by atoms with van der Waals surface area (Å²) in [4.78, 5) is 15.6. The Morgan fingerprint density at radius 3 is 2.49 bits per heavy atom. The van der Waals surface area contributed by atoms with Gasteiger partial charge in [-0.2, -0.15) is 17.6 Å². The van der Waals surface area contributed by atoms with Crippen LogP contribution in [0.25, 0.3) is 11.1 Å². The van der Waals surface area contributed by atoms with Crippen LogP contribution in [0.4, 0.5) is 24.7 Å². The Bertz CT molecular complexity index is 1670. The van der Waals surface area contributed by atoms with E-state index >= 15 is 0 Å². The number of ether oxygens (including phenoxy) is 1. The normalized spacial score (nSPS) is 14.3. The monoisotopic (exact) mass is 611 g/mol. The number of hydrogen-bond acceptors (Lipinski definition) is 7. The van der Waals surface area contributed by atoms with Gasteiger partial charge >= 0.3 is 6.18 Å². The first-order chi connectivity index (χ1) is 20.3. The summed E-state index contributed by atoms with van der Waals surface area (Å²) in [5, 5.41) is 14.8. The maximum atomic E-state index is 13.6. The number of rotatable bonds is 9. The molecule has 1 amide bonds. The smallest absolute Gasteiger partial charge is 0.377 e. The number of amides is 1. The van der Waals surface area contributed by atoms with Crippen LogP contribution in [0, 0.1) is 13.8 Å². The molecule has 5 rings (SSSR count). The molecule has 0 fully saturated rings. The molecule has 11 heteroatoms. The summed E-state index contributed by atoms with van der Waals surface area (Å²) in [5.74, 6) is 0.643. The molecule has 1 aliphatic rings. The van der Waals surface area contributed by atoms with Gasteiger partial charge in [-0.25, -0.2) is 0 Å². The van der Waals surface area contributed by atoms with Crippen LogP contribution in [0.15, 0.2) is 70.1 Å². The van der Waals surface area contributed by atoms with Gasteiger partial charge < -0.3 is 14.2 Å². The van der Waals surface area contributed by atoms with Crippen LogP contribution in [-0.4, -0.2) is 22.9 Å². The molecule has 3 aromatic carbocycles. The highest BCUT2D eigenvalue weighted by Crippen LogP contribution is 2.45. The largest absolute Gasteiger partial charge is 0.416 e. The van der Waals surface area contributed by atoms with Crippen molar-refractivity contribution in [3.8, 4) is 11.1 Å². The number of aryl methyl sites for hydroxylation is 1. The van der Waals surface area contributed by atoms with E-state index in [1.165, 1.54) is 11.0 Å². The Morgan fingerprint density at radius 2 is 1.81 bits per heavy atom. The quantitative estimate of drug-likeness (QED) is 0.151. The molecule has 0 saturated heterocycles. The minimum absolute atomic E-state index is 0.0988. The van der Waals surface area contributed by atoms with Crippen molar-refractivity contribution in [1.82, 2.24) is 5.16 Å². The highest BCUT2D eigenvalue weighted by molar-refractivity contribution is 8.00. The molecule has 0 spiro atoms. The van der Waals surface area contributed by atoms with E-state index < -0.39 is 17.2 Å². The van der Waals surface area contributed by atoms with Gasteiger partial charge in [-0.05, 0) is 80.6 Å². The highest BCUT2D eigenvalue weighted by atomic mass is 32.2. The maximum absolute atomic E-state index is 13.6. The number of halogens is 3. The molecule has 1 aromatic heterocycles. The molecule has 0 unspecified atom stereocenters. The third kappa shape index (κ3) is 5.89. The van der Waals surface area contributed by atoms with Crippen molar-refractivity contribution in [3.63, 3.8) is 0 Å². The van der Waals surface area contributed by atoms with Gasteiger partial charge in [0, 0.05) is 34.7 Å². The number of aromatic nitrogens is 1. The van der Waals surface area contributed by atoms with Crippen LogP contribution in [0.1, 0.15) is 54.3 Å². The molecule has 0 saturated carbocycles. The number of nitrogens with zero attached hydrogens (tertiary/aromatic N) is 3. The lowest BCUT2D eigenvalue weighted by molar-refractivity contribution is -0.137. The minimum Gasteiger partial charge on any atom is -0.377 e.